The molecule has 1 aliphatic rings. The molecule has 0 bridgehead atoms. The van der Waals surface area contributed by atoms with Crippen molar-refractivity contribution < 1.29 is 5.11 Å². The van der Waals surface area contributed by atoms with Gasteiger partial charge in [0.1, 0.15) is 0 Å². The van der Waals surface area contributed by atoms with Crippen LogP contribution < -0.4 is 0 Å². The highest BCUT2D eigenvalue weighted by Crippen LogP contribution is 2.31. The van der Waals surface area contributed by atoms with Crippen LogP contribution in [0.4, 0.5) is 0 Å². The van der Waals surface area contributed by atoms with Gasteiger partial charge in [-0.15, -0.1) is 0 Å². The highest BCUT2D eigenvalue weighted by atomic mass is 16.3. The van der Waals surface area contributed by atoms with E-state index >= 15 is 0 Å². The van der Waals surface area contributed by atoms with Gasteiger partial charge >= 0.3 is 0 Å². The van der Waals surface area contributed by atoms with Crippen molar-refractivity contribution in [1.29, 1.82) is 0 Å². The maximum atomic E-state index is 10.0. The van der Waals surface area contributed by atoms with Crippen molar-refractivity contribution in [1.82, 2.24) is 4.90 Å². The lowest BCUT2D eigenvalue weighted by Crippen LogP contribution is -2.45. The summed E-state index contributed by atoms with van der Waals surface area (Å²) in [6.45, 7) is 12.4. The Bertz CT molecular complexity index is 229. The Morgan fingerprint density at radius 3 is 2.39 bits per heavy atom. The molecule has 1 saturated heterocycles. The van der Waals surface area contributed by atoms with Crippen LogP contribution in [0.2, 0.25) is 0 Å². The maximum absolute atomic E-state index is 10.0. The van der Waals surface area contributed by atoms with Gasteiger partial charge in [0.25, 0.3) is 0 Å². The van der Waals surface area contributed by atoms with Crippen LogP contribution in [0, 0.1) is 11.8 Å². The number of hydrogen-bond acceptors (Lipinski definition) is 2. The van der Waals surface area contributed by atoms with Gasteiger partial charge in [-0.05, 0) is 24.7 Å². The fourth-order valence-corrected chi connectivity index (χ4v) is 3.37. The number of hydrogen-bond donors (Lipinski definition) is 1. The number of β-amino-alcohol motifs (C(OH)–C–C–N with tert-alkyl or cyclic N) is 1. The van der Waals surface area contributed by atoms with Crippen molar-refractivity contribution in [2.24, 2.45) is 11.8 Å². The van der Waals surface area contributed by atoms with Gasteiger partial charge in [0.15, 0.2) is 0 Å². The average molecular weight is 255 g/mol. The minimum absolute atomic E-state index is 0.106. The third-order valence-electron chi connectivity index (χ3n) is 4.71. The Balaban J connectivity index is 2.75. The molecule has 1 N–H and O–H groups in total. The molecule has 1 rings (SSSR count). The van der Waals surface area contributed by atoms with Crippen molar-refractivity contribution in [3.8, 4) is 0 Å². The molecule has 0 aromatic rings. The molecule has 0 aromatic carbocycles. The summed E-state index contributed by atoms with van der Waals surface area (Å²) >= 11 is 0. The lowest BCUT2D eigenvalue weighted by atomic mass is 9.90. The topological polar surface area (TPSA) is 23.5 Å². The Morgan fingerprint density at radius 2 is 1.89 bits per heavy atom. The van der Waals surface area contributed by atoms with Gasteiger partial charge in [-0.25, -0.2) is 0 Å². The summed E-state index contributed by atoms with van der Waals surface area (Å²) in [4.78, 5) is 2.62. The van der Waals surface area contributed by atoms with Gasteiger partial charge in [-0.2, -0.15) is 0 Å². The fourth-order valence-electron chi connectivity index (χ4n) is 3.37. The number of aliphatic hydroxyl groups is 1. The molecule has 0 radical (unpaired) electrons. The Labute approximate surface area is 114 Å². The van der Waals surface area contributed by atoms with E-state index in [1.165, 1.54) is 25.7 Å². The molecule has 108 valence electrons. The van der Waals surface area contributed by atoms with Gasteiger partial charge in [0.2, 0.25) is 0 Å². The van der Waals surface area contributed by atoms with E-state index in [4.69, 9.17) is 0 Å². The van der Waals surface area contributed by atoms with Crippen LogP contribution >= 0.6 is 0 Å². The highest BCUT2D eigenvalue weighted by molar-refractivity contribution is 4.92. The summed E-state index contributed by atoms with van der Waals surface area (Å²) in [6.07, 6.45) is 5.98. The standard InChI is InChI=1S/C16H33NO/c1-6-8-9-15(13(5)7-2)17-11-14(18)10-16(17)12(3)4/h12-16,18H,6-11H2,1-5H3. The number of nitrogens with zero attached hydrogens (tertiary/aromatic N) is 1. The highest BCUT2D eigenvalue weighted by Gasteiger charge is 2.38. The molecular formula is C16H33NO. The van der Waals surface area contributed by atoms with E-state index in [0.717, 1.165) is 18.9 Å². The van der Waals surface area contributed by atoms with Gasteiger partial charge in [-0.1, -0.05) is 53.9 Å². The van der Waals surface area contributed by atoms with E-state index in [2.05, 4.69) is 39.5 Å². The summed E-state index contributed by atoms with van der Waals surface area (Å²) < 4.78 is 0. The molecule has 18 heavy (non-hydrogen) atoms. The molecule has 0 aromatic heterocycles. The van der Waals surface area contributed by atoms with Crippen molar-refractivity contribution in [3.05, 3.63) is 0 Å². The molecular weight excluding hydrogens is 222 g/mol. The maximum Gasteiger partial charge on any atom is 0.0682 e. The van der Waals surface area contributed by atoms with Crippen LogP contribution in [-0.2, 0) is 0 Å². The van der Waals surface area contributed by atoms with E-state index in [0.29, 0.717) is 18.0 Å². The molecule has 4 atom stereocenters. The predicted octanol–water partition coefficient (Wildman–Crippen LogP) is 3.68. The van der Waals surface area contributed by atoms with E-state index in [-0.39, 0.29) is 6.10 Å². The molecule has 1 heterocycles. The fraction of sp³-hybridized carbons (Fsp3) is 1.00. The SMILES string of the molecule is CCCCC(C(C)CC)N1CC(O)CC1C(C)C. The Morgan fingerprint density at radius 1 is 1.22 bits per heavy atom. The van der Waals surface area contributed by atoms with Gasteiger partial charge in [-0.3, -0.25) is 4.90 Å². The van der Waals surface area contributed by atoms with Gasteiger partial charge in [0.05, 0.1) is 6.10 Å². The molecule has 1 fully saturated rings. The van der Waals surface area contributed by atoms with Crippen LogP contribution in [0.1, 0.15) is 66.7 Å². The molecule has 1 aliphatic heterocycles. The third-order valence-corrected chi connectivity index (χ3v) is 4.71. The lowest BCUT2D eigenvalue weighted by Gasteiger charge is -2.38. The molecule has 0 saturated carbocycles. The first-order chi connectivity index (χ1) is 8.51. The minimum atomic E-state index is -0.106. The minimum Gasteiger partial charge on any atom is -0.392 e. The largest absolute Gasteiger partial charge is 0.392 e. The summed E-state index contributed by atoms with van der Waals surface area (Å²) in [5, 5.41) is 10.0. The van der Waals surface area contributed by atoms with E-state index < -0.39 is 0 Å². The predicted molar refractivity (Wildman–Crippen MR) is 78.7 cm³/mol. The average Bonchev–Trinajstić information content (AvgIpc) is 2.71. The first-order valence-electron chi connectivity index (χ1n) is 7.94. The summed E-state index contributed by atoms with van der Waals surface area (Å²) in [7, 11) is 0. The summed E-state index contributed by atoms with van der Waals surface area (Å²) in [5.41, 5.74) is 0. The second kappa shape index (κ2) is 7.49. The number of aliphatic hydroxyl groups excluding tert-OH is 1. The molecule has 0 spiro atoms. The van der Waals surface area contributed by atoms with Crippen molar-refractivity contribution >= 4 is 0 Å². The summed E-state index contributed by atoms with van der Waals surface area (Å²) in [6, 6.07) is 1.25. The van der Waals surface area contributed by atoms with Crippen LogP contribution in [0.15, 0.2) is 0 Å². The Kier molecular flexibility index (Phi) is 6.65. The number of likely N-dealkylation sites (tertiary alicyclic amines) is 1. The molecule has 0 amide bonds. The molecule has 0 aliphatic carbocycles. The molecule has 2 heteroatoms. The van der Waals surface area contributed by atoms with E-state index in [9.17, 15) is 5.11 Å². The molecule has 2 nitrogen and oxygen atoms in total. The van der Waals surface area contributed by atoms with Gasteiger partial charge < -0.3 is 5.11 Å². The van der Waals surface area contributed by atoms with Crippen molar-refractivity contribution in [2.45, 2.75) is 84.9 Å². The third kappa shape index (κ3) is 3.96. The quantitative estimate of drug-likeness (QED) is 0.750. The molecule has 4 unspecified atom stereocenters. The van der Waals surface area contributed by atoms with Crippen LogP contribution in [0.3, 0.4) is 0 Å². The van der Waals surface area contributed by atoms with Crippen molar-refractivity contribution in [3.63, 3.8) is 0 Å². The van der Waals surface area contributed by atoms with Crippen LogP contribution in [0.25, 0.3) is 0 Å². The smallest absolute Gasteiger partial charge is 0.0682 e. The second-order valence-electron chi connectivity index (χ2n) is 6.49. The second-order valence-corrected chi connectivity index (χ2v) is 6.49. The number of unbranched alkanes of at least 4 members (excludes halogenated alkanes) is 1. The monoisotopic (exact) mass is 255 g/mol. The van der Waals surface area contributed by atoms with Crippen LogP contribution in [0.5, 0.6) is 0 Å². The zero-order chi connectivity index (χ0) is 13.7. The van der Waals surface area contributed by atoms with Crippen LogP contribution in [-0.4, -0.2) is 34.7 Å². The Hall–Kier alpha value is -0.0800. The lowest BCUT2D eigenvalue weighted by molar-refractivity contribution is 0.0893. The zero-order valence-corrected chi connectivity index (χ0v) is 13.0. The van der Waals surface area contributed by atoms with Gasteiger partial charge in [0, 0.05) is 18.6 Å². The van der Waals surface area contributed by atoms with Crippen molar-refractivity contribution in [2.75, 3.05) is 6.54 Å². The zero-order valence-electron chi connectivity index (χ0n) is 13.0. The van der Waals surface area contributed by atoms with E-state index in [1.54, 1.807) is 0 Å². The van der Waals surface area contributed by atoms with E-state index in [1.807, 2.05) is 0 Å². The number of rotatable bonds is 7. The normalized spacial score (nSPS) is 28.8. The first kappa shape index (κ1) is 16.0. The summed E-state index contributed by atoms with van der Waals surface area (Å²) in [5.74, 6) is 1.39. The first-order valence-corrected chi connectivity index (χ1v) is 7.94.